The number of hydrogen-bond acceptors (Lipinski definition) is 4. The summed E-state index contributed by atoms with van der Waals surface area (Å²) in [5, 5.41) is 10.5. The molecule has 3 rings (SSSR count). The molecule has 0 fully saturated rings. The summed E-state index contributed by atoms with van der Waals surface area (Å²) < 4.78 is 54.4. The summed E-state index contributed by atoms with van der Waals surface area (Å²) in [4.78, 5) is 15.8. The second-order valence-electron chi connectivity index (χ2n) is 5.81. The van der Waals surface area contributed by atoms with Crippen LogP contribution in [0.2, 0.25) is 0 Å². The lowest BCUT2D eigenvalue weighted by Crippen LogP contribution is -2.26. The minimum atomic E-state index is -3.04. The number of halogens is 4. The Bertz CT molecular complexity index is 952. The van der Waals surface area contributed by atoms with E-state index in [1.807, 2.05) is 13.0 Å². The van der Waals surface area contributed by atoms with Crippen molar-refractivity contribution in [1.29, 1.82) is 0 Å². The molecule has 11 heteroatoms. The van der Waals surface area contributed by atoms with Crippen molar-refractivity contribution in [3.8, 4) is 0 Å². The zero-order valence-corrected chi connectivity index (χ0v) is 14.2. The summed E-state index contributed by atoms with van der Waals surface area (Å²) in [6.45, 7) is 2.81. The van der Waals surface area contributed by atoms with E-state index in [2.05, 4.69) is 20.5 Å². The summed E-state index contributed by atoms with van der Waals surface area (Å²) in [5.41, 5.74) is -0.962. The topological polar surface area (TPSA) is 77.1 Å². The van der Waals surface area contributed by atoms with Crippen molar-refractivity contribution in [3.63, 3.8) is 0 Å². The van der Waals surface area contributed by atoms with Gasteiger partial charge in [0.25, 0.3) is 18.8 Å². The molecule has 0 aromatic carbocycles. The average molecular weight is 384 g/mol. The molecule has 0 radical (unpaired) electrons. The third kappa shape index (κ3) is 4.07. The molecule has 7 nitrogen and oxygen atoms in total. The molecule has 0 saturated heterocycles. The van der Waals surface area contributed by atoms with Gasteiger partial charge in [-0.2, -0.15) is 10.2 Å². The number of nitrogens with zero attached hydrogens (tertiary/aromatic N) is 5. The second kappa shape index (κ2) is 7.72. The monoisotopic (exact) mass is 384 g/mol. The van der Waals surface area contributed by atoms with Crippen molar-refractivity contribution in [1.82, 2.24) is 29.7 Å². The SMILES string of the molecule is Cc1ccnn1CCCNC(=O)c1cc2nc(C(F)F)cc(C(F)F)n2n1. The molecule has 0 aliphatic carbocycles. The number of amides is 1. The van der Waals surface area contributed by atoms with E-state index in [4.69, 9.17) is 0 Å². The number of fused-ring (bicyclic) bond motifs is 1. The highest BCUT2D eigenvalue weighted by molar-refractivity contribution is 5.93. The van der Waals surface area contributed by atoms with Crippen molar-refractivity contribution >= 4 is 11.6 Å². The van der Waals surface area contributed by atoms with Gasteiger partial charge in [-0.05, 0) is 25.5 Å². The van der Waals surface area contributed by atoms with Gasteiger partial charge >= 0.3 is 0 Å². The number of alkyl halides is 4. The van der Waals surface area contributed by atoms with Crippen LogP contribution in [0.1, 0.15) is 46.8 Å². The highest BCUT2D eigenvalue weighted by atomic mass is 19.3. The smallest absolute Gasteiger partial charge is 0.280 e. The fraction of sp³-hybridized carbons (Fsp3) is 0.375. The van der Waals surface area contributed by atoms with E-state index >= 15 is 0 Å². The molecule has 0 aliphatic heterocycles. The predicted molar refractivity (Wildman–Crippen MR) is 86.8 cm³/mol. The van der Waals surface area contributed by atoms with Gasteiger partial charge in [0, 0.05) is 31.0 Å². The molecule has 144 valence electrons. The second-order valence-corrected chi connectivity index (χ2v) is 5.81. The van der Waals surface area contributed by atoms with Gasteiger partial charge < -0.3 is 5.32 Å². The molecule has 0 spiro atoms. The fourth-order valence-corrected chi connectivity index (χ4v) is 2.55. The van der Waals surface area contributed by atoms with Gasteiger partial charge in [0.1, 0.15) is 11.4 Å². The standard InChI is InChI=1S/C16H16F4N6O/c1-9-3-5-22-25(9)6-2-4-21-16(27)11-8-13-23-10(14(17)18)7-12(15(19)20)26(13)24-11/h3,5,7-8,14-15H,2,4,6H2,1H3,(H,21,27). The Morgan fingerprint density at radius 3 is 2.63 bits per heavy atom. The Hall–Kier alpha value is -2.98. The van der Waals surface area contributed by atoms with Crippen molar-refractivity contribution in [2.24, 2.45) is 0 Å². The van der Waals surface area contributed by atoms with Gasteiger partial charge in [-0.3, -0.25) is 9.48 Å². The molecule has 27 heavy (non-hydrogen) atoms. The number of nitrogens with one attached hydrogen (secondary N) is 1. The third-order valence-corrected chi connectivity index (χ3v) is 3.92. The minimum Gasteiger partial charge on any atom is -0.351 e. The van der Waals surface area contributed by atoms with Crippen LogP contribution in [0, 0.1) is 6.92 Å². The van der Waals surface area contributed by atoms with Gasteiger partial charge in [0.05, 0.1) is 0 Å². The first-order valence-corrected chi connectivity index (χ1v) is 8.10. The first-order chi connectivity index (χ1) is 12.9. The molecule has 0 atom stereocenters. The quantitative estimate of drug-likeness (QED) is 0.502. The number of rotatable bonds is 7. The number of carbonyl (C=O) groups excluding carboxylic acids is 1. The molecule has 1 N–H and O–H groups in total. The molecular weight excluding hydrogens is 368 g/mol. The van der Waals surface area contributed by atoms with Crippen LogP contribution in [-0.4, -0.2) is 36.8 Å². The maximum absolute atomic E-state index is 13.1. The minimum absolute atomic E-state index is 0.175. The van der Waals surface area contributed by atoms with E-state index in [0.717, 1.165) is 11.8 Å². The number of hydrogen-bond donors (Lipinski definition) is 1. The highest BCUT2D eigenvalue weighted by Crippen LogP contribution is 2.25. The molecule has 0 unspecified atom stereocenters. The van der Waals surface area contributed by atoms with Gasteiger partial charge in [0.15, 0.2) is 11.3 Å². The molecule has 3 heterocycles. The summed E-state index contributed by atoms with van der Waals surface area (Å²) in [7, 11) is 0. The Morgan fingerprint density at radius 1 is 1.22 bits per heavy atom. The Morgan fingerprint density at radius 2 is 2.00 bits per heavy atom. The maximum Gasteiger partial charge on any atom is 0.280 e. The van der Waals surface area contributed by atoms with E-state index in [1.54, 1.807) is 10.9 Å². The lowest BCUT2D eigenvalue weighted by atomic mass is 10.3. The van der Waals surface area contributed by atoms with Crippen molar-refractivity contribution < 1.29 is 22.4 Å². The van der Waals surface area contributed by atoms with Crippen LogP contribution in [0.15, 0.2) is 24.4 Å². The summed E-state index contributed by atoms with van der Waals surface area (Å²) in [5.74, 6) is -0.600. The van der Waals surface area contributed by atoms with Gasteiger partial charge in [-0.15, -0.1) is 0 Å². The van der Waals surface area contributed by atoms with Crippen molar-refractivity contribution in [2.45, 2.75) is 32.7 Å². The van der Waals surface area contributed by atoms with Crippen LogP contribution < -0.4 is 5.32 Å². The van der Waals surface area contributed by atoms with E-state index < -0.39 is 30.1 Å². The van der Waals surface area contributed by atoms with E-state index in [1.165, 1.54) is 0 Å². The Balaban J connectivity index is 1.71. The van der Waals surface area contributed by atoms with Gasteiger partial charge in [0.2, 0.25) is 0 Å². The normalized spacial score (nSPS) is 11.7. The van der Waals surface area contributed by atoms with Crippen LogP contribution in [0.25, 0.3) is 5.65 Å². The summed E-state index contributed by atoms with van der Waals surface area (Å²) >= 11 is 0. The van der Waals surface area contributed by atoms with Gasteiger partial charge in [-0.1, -0.05) is 0 Å². The Labute approximate surface area is 151 Å². The lowest BCUT2D eigenvalue weighted by molar-refractivity contribution is 0.0946. The zero-order valence-electron chi connectivity index (χ0n) is 14.2. The van der Waals surface area contributed by atoms with E-state index in [0.29, 0.717) is 30.1 Å². The number of aromatic nitrogens is 5. The highest BCUT2D eigenvalue weighted by Gasteiger charge is 2.21. The Kier molecular flexibility index (Phi) is 5.38. The maximum atomic E-state index is 13.1. The van der Waals surface area contributed by atoms with Crippen LogP contribution in [0.4, 0.5) is 17.6 Å². The van der Waals surface area contributed by atoms with Crippen LogP contribution in [0.3, 0.4) is 0 Å². The summed E-state index contributed by atoms with van der Waals surface area (Å²) in [6.07, 6.45) is -3.78. The van der Waals surface area contributed by atoms with Crippen molar-refractivity contribution in [3.05, 3.63) is 47.2 Å². The first kappa shape index (κ1) is 18.8. The third-order valence-electron chi connectivity index (χ3n) is 3.92. The van der Waals surface area contributed by atoms with Crippen molar-refractivity contribution in [2.75, 3.05) is 6.54 Å². The van der Waals surface area contributed by atoms with Crippen LogP contribution in [-0.2, 0) is 6.54 Å². The predicted octanol–water partition coefficient (Wildman–Crippen LogP) is 2.93. The fourth-order valence-electron chi connectivity index (χ4n) is 2.55. The van der Waals surface area contributed by atoms with E-state index in [9.17, 15) is 22.4 Å². The van der Waals surface area contributed by atoms with Crippen LogP contribution >= 0.6 is 0 Å². The van der Waals surface area contributed by atoms with E-state index in [-0.39, 0.29) is 11.3 Å². The largest absolute Gasteiger partial charge is 0.351 e. The zero-order chi connectivity index (χ0) is 19.6. The number of aryl methyl sites for hydroxylation is 2. The molecular formula is C16H16F4N6O. The lowest BCUT2D eigenvalue weighted by Gasteiger charge is -2.06. The molecule has 1 amide bonds. The molecule has 3 aromatic rings. The molecule has 0 aliphatic rings. The summed E-state index contributed by atoms with van der Waals surface area (Å²) in [6, 6.07) is 3.55. The first-order valence-electron chi connectivity index (χ1n) is 8.10. The van der Waals surface area contributed by atoms with Gasteiger partial charge in [-0.25, -0.2) is 27.1 Å². The molecule has 3 aromatic heterocycles. The number of carbonyl (C=O) groups is 1. The average Bonchev–Trinajstić information content (AvgIpc) is 3.23. The van der Waals surface area contributed by atoms with Crippen LogP contribution in [0.5, 0.6) is 0 Å². The molecule has 0 saturated carbocycles. The molecule has 0 bridgehead atoms.